The van der Waals surface area contributed by atoms with E-state index < -0.39 is 0 Å². The Kier molecular flexibility index (Phi) is 4.09. The van der Waals surface area contributed by atoms with Gasteiger partial charge in [-0.15, -0.1) is 0 Å². The highest BCUT2D eigenvalue weighted by molar-refractivity contribution is 8.14. The summed E-state index contributed by atoms with van der Waals surface area (Å²) in [5.41, 5.74) is 0. The third-order valence-electron chi connectivity index (χ3n) is 2.60. The average Bonchev–Trinajstić information content (AvgIpc) is 2.95. The zero-order valence-corrected chi connectivity index (χ0v) is 10.5. The fraction of sp³-hybridized carbons (Fsp3) is 0.818. The molecule has 1 saturated carbocycles. The molecule has 0 saturated heterocycles. The summed E-state index contributed by atoms with van der Waals surface area (Å²) < 4.78 is 0. The molecule has 1 aliphatic carbocycles. The van der Waals surface area contributed by atoms with Crippen molar-refractivity contribution in [1.82, 2.24) is 10.6 Å². The monoisotopic (exact) mass is 241 g/mol. The minimum absolute atomic E-state index is 0.193. The van der Waals surface area contributed by atoms with Crippen LogP contribution in [0.15, 0.2) is 4.99 Å². The number of aliphatic imine (C=N–C) groups is 1. The Morgan fingerprint density at radius 2 is 2.38 bits per heavy atom. The fourth-order valence-corrected chi connectivity index (χ4v) is 2.41. The summed E-state index contributed by atoms with van der Waals surface area (Å²) in [5.74, 6) is 0.193. The molecule has 90 valence electrons. The molecule has 1 heterocycles. The molecule has 1 aliphatic heterocycles. The van der Waals surface area contributed by atoms with Crippen molar-refractivity contribution in [3.05, 3.63) is 0 Å². The number of nitrogens with one attached hydrogen (secondary N) is 2. The summed E-state index contributed by atoms with van der Waals surface area (Å²) in [6, 6.07) is 0.482. The van der Waals surface area contributed by atoms with Crippen LogP contribution >= 0.6 is 11.8 Å². The van der Waals surface area contributed by atoms with Crippen LogP contribution in [-0.4, -0.2) is 35.5 Å². The first-order chi connectivity index (χ1) is 7.74. The summed E-state index contributed by atoms with van der Waals surface area (Å²) in [6.45, 7) is 3.93. The van der Waals surface area contributed by atoms with Gasteiger partial charge in [-0.2, -0.15) is 0 Å². The number of hydrogen-bond donors (Lipinski definition) is 2. The second kappa shape index (κ2) is 5.57. The lowest BCUT2D eigenvalue weighted by Crippen LogP contribution is -2.27. The molecule has 0 bridgehead atoms. The van der Waals surface area contributed by atoms with E-state index in [4.69, 9.17) is 0 Å². The van der Waals surface area contributed by atoms with Gasteiger partial charge in [0.25, 0.3) is 0 Å². The smallest absolute Gasteiger partial charge is 0.220 e. The molecule has 2 N–H and O–H groups in total. The van der Waals surface area contributed by atoms with Gasteiger partial charge in [-0.25, -0.2) is 0 Å². The van der Waals surface area contributed by atoms with Crippen molar-refractivity contribution in [2.45, 2.75) is 43.9 Å². The van der Waals surface area contributed by atoms with E-state index in [-0.39, 0.29) is 5.91 Å². The molecule has 1 amide bonds. The number of nitrogens with zero attached hydrogens (tertiary/aromatic N) is 1. The number of rotatable bonds is 5. The van der Waals surface area contributed by atoms with Gasteiger partial charge in [0.2, 0.25) is 5.91 Å². The Labute approximate surface area is 101 Å². The number of amides is 1. The van der Waals surface area contributed by atoms with E-state index in [1.54, 1.807) is 11.8 Å². The van der Waals surface area contributed by atoms with Crippen molar-refractivity contribution in [3.8, 4) is 0 Å². The highest BCUT2D eigenvalue weighted by Crippen LogP contribution is 2.19. The van der Waals surface area contributed by atoms with Crippen LogP contribution in [-0.2, 0) is 4.79 Å². The lowest BCUT2D eigenvalue weighted by molar-refractivity contribution is -0.121. The first-order valence-corrected chi connectivity index (χ1v) is 6.86. The molecule has 1 fully saturated rings. The van der Waals surface area contributed by atoms with Crippen molar-refractivity contribution >= 4 is 22.8 Å². The number of amidine groups is 1. The van der Waals surface area contributed by atoms with Gasteiger partial charge in [-0.05, 0) is 19.3 Å². The predicted molar refractivity (Wildman–Crippen MR) is 67.8 cm³/mol. The van der Waals surface area contributed by atoms with Gasteiger partial charge in [-0.3, -0.25) is 9.79 Å². The summed E-state index contributed by atoms with van der Waals surface area (Å²) in [4.78, 5) is 15.7. The van der Waals surface area contributed by atoms with E-state index >= 15 is 0 Å². The molecule has 4 nitrogen and oxygen atoms in total. The van der Waals surface area contributed by atoms with Crippen molar-refractivity contribution in [3.63, 3.8) is 0 Å². The zero-order chi connectivity index (χ0) is 11.4. The lowest BCUT2D eigenvalue weighted by Gasteiger charge is -2.06. The zero-order valence-electron chi connectivity index (χ0n) is 9.66. The summed E-state index contributed by atoms with van der Waals surface area (Å²) >= 11 is 1.78. The summed E-state index contributed by atoms with van der Waals surface area (Å²) in [6.07, 6.45) is 3.83. The highest BCUT2D eigenvalue weighted by Gasteiger charge is 2.22. The molecular formula is C11H19N3OS. The summed E-state index contributed by atoms with van der Waals surface area (Å²) in [5, 5.41) is 7.89. The van der Waals surface area contributed by atoms with Crippen molar-refractivity contribution in [2.24, 2.45) is 4.99 Å². The standard InChI is InChI=1S/C11H19N3OS/c1-8-7-13-11(16-8)12-6-2-3-10(15)14-9-4-5-9/h8-9H,2-7H2,1H3,(H,12,13)(H,14,15). The second-order valence-electron chi connectivity index (χ2n) is 4.45. The van der Waals surface area contributed by atoms with Gasteiger partial charge < -0.3 is 10.6 Å². The van der Waals surface area contributed by atoms with Crippen LogP contribution in [0.2, 0.25) is 0 Å². The van der Waals surface area contributed by atoms with Crippen molar-refractivity contribution in [1.29, 1.82) is 0 Å². The van der Waals surface area contributed by atoms with E-state index in [1.165, 1.54) is 0 Å². The maximum absolute atomic E-state index is 11.4. The molecular weight excluding hydrogens is 222 g/mol. The Morgan fingerprint density at radius 1 is 1.56 bits per heavy atom. The van der Waals surface area contributed by atoms with Gasteiger partial charge >= 0.3 is 0 Å². The minimum Gasteiger partial charge on any atom is -0.365 e. The SMILES string of the molecule is CC1CN=C(NCCCC(=O)NC2CC2)S1. The van der Waals surface area contributed by atoms with Gasteiger partial charge in [0, 0.05) is 24.3 Å². The quantitative estimate of drug-likeness (QED) is 0.709. The Bertz CT molecular complexity index is 289. The number of thioether (sulfide) groups is 1. The van der Waals surface area contributed by atoms with Gasteiger partial charge in [0.1, 0.15) is 0 Å². The normalized spacial score (nSPS) is 24.1. The van der Waals surface area contributed by atoms with Crippen LogP contribution in [0.5, 0.6) is 0 Å². The molecule has 0 aromatic rings. The van der Waals surface area contributed by atoms with Gasteiger partial charge in [0.05, 0.1) is 6.54 Å². The second-order valence-corrected chi connectivity index (χ2v) is 5.87. The fourth-order valence-electron chi connectivity index (χ4n) is 1.55. The van der Waals surface area contributed by atoms with E-state index in [0.29, 0.717) is 17.7 Å². The predicted octanol–water partition coefficient (Wildman–Crippen LogP) is 1.13. The molecule has 0 aromatic carbocycles. The van der Waals surface area contributed by atoms with Gasteiger partial charge in [0.15, 0.2) is 5.17 Å². The topological polar surface area (TPSA) is 53.5 Å². The number of carbonyl (C=O) groups is 1. The van der Waals surface area contributed by atoms with E-state index in [1.807, 2.05) is 0 Å². The van der Waals surface area contributed by atoms with E-state index in [0.717, 1.165) is 37.5 Å². The molecule has 1 unspecified atom stereocenters. The molecule has 0 aromatic heterocycles. The van der Waals surface area contributed by atoms with Crippen LogP contribution in [0.3, 0.4) is 0 Å². The third-order valence-corrected chi connectivity index (χ3v) is 3.65. The van der Waals surface area contributed by atoms with Crippen LogP contribution in [0.4, 0.5) is 0 Å². The highest BCUT2D eigenvalue weighted by atomic mass is 32.2. The van der Waals surface area contributed by atoms with Crippen LogP contribution in [0.25, 0.3) is 0 Å². The third kappa shape index (κ3) is 4.04. The van der Waals surface area contributed by atoms with E-state index in [2.05, 4.69) is 22.5 Å². The van der Waals surface area contributed by atoms with Crippen LogP contribution in [0, 0.1) is 0 Å². The molecule has 2 aliphatic rings. The van der Waals surface area contributed by atoms with Gasteiger partial charge in [-0.1, -0.05) is 18.7 Å². The Hall–Kier alpha value is -0.710. The molecule has 16 heavy (non-hydrogen) atoms. The van der Waals surface area contributed by atoms with Crippen molar-refractivity contribution in [2.75, 3.05) is 13.1 Å². The maximum Gasteiger partial charge on any atom is 0.220 e. The minimum atomic E-state index is 0.193. The lowest BCUT2D eigenvalue weighted by atomic mass is 10.3. The number of carbonyl (C=O) groups excluding carboxylic acids is 1. The summed E-state index contributed by atoms with van der Waals surface area (Å²) in [7, 11) is 0. The molecule has 2 rings (SSSR count). The molecule has 5 heteroatoms. The number of hydrogen-bond acceptors (Lipinski definition) is 4. The maximum atomic E-state index is 11.4. The Balaban J connectivity index is 1.49. The van der Waals surface area contributed by atoms with Crippen LogP contribution < -0.4 is 10.6 Å². The average molecular weight is 241 g/mol. The first kappa shape index (κ1) is 11.8. The molecule has 0 spiro atoms. The van der Waals surface area contributed by atoms with Crippen LogP contribution in [0.1, 0.15) is 32.6 Å². The van der Waals surface area contributed by atoms with Crippen molar-refractivity contribution < 1.29 is 4.79 Å². The molecule has 1 atom stereocenters. The largest absolute Gasteiger partial charge is 0.365 e. The first-order valence-electron chi connectivity index (χ1n) is 5.98. The molecule has 0 radical (unpaired) electrons. The Morgan fingerprint density at radius 3 is 3.00 bits per heavy atom. The van der Waals surface area contributed by atoms with E-state index in [9.17, 15) is 4.79 Å².